The number of rotatable bonds is 7. The first-order valence-electron chi connectivity index (χ1n) is 10.4. The Bertz CT molecular complexity index is 1470. The van der Waals surface area contributed by atoms with Gasteiger partial charge < -0.3 is 15.0 Å². The summed E-state index contributed by atoms with van der Waals surface area (Å²) in [5, 5.41) is 23.1. The fourth-order valence-corrected chi connectivity index (χ4v) is 3.82. The van der Waals surface area contributed by atoms with E-state index in [-0.39, 0.29) is 12.1 Å². The highest BCUT2D eigenvalue weighted by molar-refractivity contribution is 6.07. The van der Waals surface area contributed by atoms with Crippen molar-refractivity contribution in [3.8, 4) is 0 Å². The van der Waals surface area contributed by atoms with Crippen molar-refractivity contribution >= 4 is 34.3 Å². The van der Waals surface area contributed by atoms with Crippen LogP contribution in [0.4, 0.5) is 24.5 Å². The third-order valence-corrected chi connectivity index (χ3v) is 5.49. The lowest BCUT2D eigenvalue weighted by molar-refractivity contribution is -0.385. The lowest BCUT2D eigenvalue weighted by atomic mass is 10.0. The van der Waals surface area contributed by atoms with Crippen molar-refractivity contribution in [2.75, 3.05) is 5.32 Å². The fraction of sp³-hybridized carbons (Fsp3) is 0.125. The quantitative estimate of drug-likeness (QED) is 0.264. The monoisotopic (exact) mass is 498 g/mol. The van der Waals surface area contributed by atoms with E-state index in [0.717, 1.165) is 11.6 Å². The number of alkyl halides is 3. The molecule has 3 aromatic carbocycles. The van der Waals surface area contributed by atoms with Crippen LogP contribution < -0.4 is 5.32 Å². The zero-order valence-corrected chi connectivity index (χ0v) is 18.3. The van der Waals surface area contributed by atoms with Gasteiger partial charge in [-0.3, -0.25) is 19.7 Å². The molecule has 1 unspecified atom stereocenters. The Morgan fingerprint density at radius 1 is 1.08 bits per heavy atom. The van der Waals surface area contributed by atoms with E-state index in [9.17, 15) is 38.0 Å². The van der Waals surface area contributed by atoms with Crippen LogP contribution in [0, 0.1) is 10.1 Å². The minimum absolute atomic E-state index is 0.196. The molecule has 0 aliphatic heterocycles. The van der Waals surface area contributed by atoms with Crippen LogP contribution in [0.5, 0.6) is 0 Å². The molecular formula is C24H17F3N4O5. The maximum absolute atomic E-state index is 12.9. The third kappa shape index (κ3) is 5.02. The summed E-state index contributed by atoms with van der Waals surface area (Å²) in [6.45, 7) is 0. The number of fused-ring (bicyclic) bond motifs is 1. The molecule has 1 aromatic heterocycles. The number of amides is 1. The molecule has 4 aromatic rings. The zero-order chi connectivity index (χ0) is 26.0. The van der Waals surface area contributed by atoms with Crippen LogP contribution in [-0.2, 0) is 11.0 Å². The number of nitrogens with one attached hydrogen (secondary N) is 1. The van der Waals surface area contributed by atoms with E-state index in [1.807, 2.05) is 6.07 Å². The van der Waals surface area contributed by atoms with Crippen LogP contribution >= 0.6 is 0 Å². The summed E-state index contributed by atoms with van der Waals surface area (Å²) >= 11 is 0. The number of carbonyl (C=O) groups excluding carboxylic acids is 1. The highest BCUT2D eigenvalue weighted by Gasteiger charge is 2.34. The third-order valence-electron chi connectivity index (χ3n) is 5.49. The summed E-state index contributed by atoms with van der Waals surface area (Å²) < 4.78 is 40.5. The van der Waals surface area contributed by atoms with Crippen molar-refractivity contribution in [3.05, 3.63) is 99.9 Å². The van der Waals surface area contributed by atoms with Crippen molar-refractivity contribution in [2.45, 2.75) is 18.6 Å². The summed E-state index contributed by atoms with van der Waals surface area (Å²) in [5.74, 6) is -1.98. The summed E-state index contributed by atoms with van der Waals surface area (Å²) in [6, 6.07) is 14.6. The average molecular weight is 498 g/mol. The van der Waals surface area contributed by atoms with E-state index >= 15 is 0 Å². The molecule has 4 rings (SSSR count). The molecule has 9 nitrogen and oxygen atoms in total. The molecule has 184 valence electrons. The molecule has 1 atom stereocenters. The van der Waals surface area contributed by atoms with Crippen LogP contribution in [0.25, 0.3) is 11.0 Å². The summed E-state index contributed by atoms with van der Waals surface area (Å²) in [6.07, 6.45) is -3.54. The van der Waals surface area contributed by atoms with Crippen LogP contribution in [0.1, 0.15) is 33.9 Å². The Morgan fingerprint density at radius 2 is 1.81 bits per heavy atom. The van der Waals surface area contributed by atoms with E-state index in [0.29, 0.717) is 23.2 Å². The molecule has 2 N–H and O–H groups in total. The number of hydrogen-bond acceptors (Lipinski definition) is 5. The van der Waals surface area contributed by atoms with E-state index in [4.69, 9.17) is 0 Å². The second-order valence-electron chi connectivity index (χ2n) is 7.82. The molecule has 0 radical (unpaired) electrons. The highest BCUT2D eigenvalue weighted by atomic mass is 19.4. The molecule has 0 aliphatic rings. The van der Waals surface area contributed by atoms with Crippen molar-refractivity contribution in [3.63, 3.8) is 0 Å². The number of carboxylic acids is 1. The number of nitrogens with zero attached hydrogens (tertiary/aromatic N) is 3. The summed E-state index contributed by atoms with van der Waals surface area (Å²) in [5.41, 5.74) is -0.833. The van der Waals surface area contributed by atoms with Crippen LogP contribution in [-0.4, -0.2) is 31.5 Å². The van der Waals surface area contributed by atoms with Crippen LogP contribution in [0.15, 0.2) is 73.1 Å². The number of carbonyl (C=O) groups is 2. The number of nitro benzene ring substituents is 1. The van der Waals surface area contributed by atoms with E-state index in [1.165, 1.54) is 18.5 Å². The second kappa shape index (κ2) is 9.49. The predicted molar refractivity (Wildman–Crippen MR) is 123 cm³/mol. The van der Waals surface area contributed by atoms with Gasteiger partial charge in [-0.2, -0.15) is 13.2 Å². The van der Waals surface area contributed by atoms with Gasteiger partial charge in [-0.1, -0.05) is 30.3 Å². The minimum atomic E-state index is -4.80. The number of aliphatic carboxylic acids is 1. The van der Waals surface area contributed by atoms with Gasteiger partial charge in [0.25, 0.3) is 11.6 Å². The van der Waals surface area contributed by atoms with Crippen molar-refractivity contribution in [1.29, 1.82) is 0 Å². The second-order valence-corrected chi connectivity index (χ2v) is 7.82. The van der Waals surface area contributed by atoms with Crippen molar-refractivity contribution in [1.82, 2.24) is 9.55 Å². The lowest BCUT2D eigenvalue weighted by Gasteiger charge is -2.18. The molecule has 12 heteroatoms. The first-order valence-corrected chi connectivity index (χ1v) is 10.4. The lowest BCUT2D eigenvalue weighted by Crippen LogP contribution is -2.16. The Kier molecular flexibility index (Phi) is 6.43. The molecule has 1 amide bonds. The molecule has 0 fully saturated rings. The first-order chi connectivity index (χ1) is 17.0. The molecule has 36 heavy (non-hydrogen) atoms. The van der Waals surface area contributed by atoms with Gasteiger partial charge in [0.05, 0.1) is 40.3 Å². The normalized spacial score (nSPS) is 12.3. The van der Waals surface area contributed by atoms with E-state index < -0.39 is 45.8 Å². The standard InChI is InChI=1S/C24H17F3N4O5/c25-24(26,27)15-6-8-17(21(10-15)31(35)36)23(34)29-16-7-9-19-18(11-16)28-13-30(19)20(12-22(32)33)14-4-2-1-3-5-14/h1-11,13,20H,12H2,(H,29,34)(H,32,33). The van der Waals surface area contributed by atoms with Crippen molar-refractivity contribution in [2.24, 2.45) is 0 Å². The number of aromatic nitrogens is 2. The predicted octanol–water partition coefficient (Wildman–Crippen LogP) is 5.28. The zero-order valence-electron chi connectivity index (χ0n) is 18.3. The summed E-state index contributed by atoms with van der Waals surface area (Å²) in [7, 11) is 0. The Morgan fingerprint density at radius 3 is 2.44 bits per heavy atom. The summed E-state index contributed by atoms with van der Waals surface area (Å²) in [4.78, 5) is 38.7. The molecule has 0 bridgehead atoms. The molecule has 1 heterocycles. The number of halogens is 3. The van der Waals surface area contributed by atoms with Gasteiger partial charge in [-0.25, -0.2) is 4.98 Å². The van der Waals surface area contributed by atoms with Gasteiger partial charge >= 0.3 is 12.1 Å². The maximum Gasteiger partial charge on any atom is 0.416 e. The van der Waals surface area contributed by atoms with E-state index in [1.54, 1.807) is 34.9 Å². The van der Waals surface area contributed by atoms with E-state index in [2.05, 4.69) is 10.3 Å². The average Bonchev–Trinajstić information content (AvgIpc) is 3.25. The smallest absolute Gasteiger partial charge is 0.416 e. The van der Waals surface area contributed by atoms with Gasteiger partial charge in [0.1, 0.15) is 5.56 Å². The Balaban J connectivity index is 1.64. The topological polar surface area (TPSA) is 127 Å². The Hall–Kier alpha value is -4.74. The van der Waals surface area contributed by atoms with Gasteiger partial charge in [0.15, 0.2) is 0 Å². The number of anilines is 1. The van der Waals surface area contributed by atoms with Crippen molar-refractivity contribution < 1.29 is 32.8 Å². The van der Waals surface area contributed by atoms with Crippen LogP contribution in [0.3, 0.4) is 0 Å². The molecular weight excluding hydrogens is 481 g/mol. The number of carboxylic acid groups (broad SMARTS) is 1. The highest BCUT2D eigenvalue weighted by Crippen LogP contribution is 2.33. The maximum atomic E-state index is 12.9. The molecule has 0 saturated carbocycles. The number of nitro groups is 1. The number of imidazole rings is 1. The number of benzene rings is 3. The van der Waals surface area contributed by atoms with Gasteiger partial charge in [0.2, 0.25) is 0 Å². The largest absolute Gasteiger partial charge is 0.481 e. The minimum Gasteiger partial charge on any atom is -0.481 e. The van der Waals surface area contributed by atoms with Gasteiger partial charge in [-0.05, 0) is 35.9 Å². The molecule has 0 aliphatic carbocycles. The SMILES string of the molecule is O=C(O)CC(c1ccccc1)n1cnc2cc(NC(=O)c3ccc(C(F)(F)F)cc3[N+](=O)[O-])ccc21. The van der Waals surface area contributed by atoms with Gasteiger partial charge in [0, 0.05) is 11.8 Å². The molecule has 0 spiro atoms. The van der Waals surface area contributed by atoms with Crippen LogP contribution in [0.2, 0.25) is 0 Å². The Labute approximate surface area is 201 Å². The number of hydrogen-bond donors (Lipinski definition) is 2. The fourth-order valence-electron chi connectivity index (χ4n) is 3.82. The van der Waals surface area contributed by atoms with Gasteiger partial charge in [-0.15, -0.1) is 0 Å². The first kappa shape index (κ1) is 24.4. The molecule has 0 saturated heterocycles.